The molecular weight excluding hydrogens is 308 g/mol. The van der Waals surface area contributed by atoms with E-state index in [9.17, 15) is 16.8 Å². The molecule has 0 radical (unpaired) electrons. The zero-order valence-corrected chi connectivity index (χ0v) is 12.7. The molecule has 0 amide bonds. The summed E-state index contributed by atoms with van der Waals surface area (Å²) in [6.07, 6.45) is 1.12. The molecule has 1 aromatic rings. The second-order valence-corrected chi connectivity index (χ2v) is 9.97. The van der Waals surface area contributed by atoms with Gasteiger partial charge in [0.1, 0.15) is 4.21 Å². The monoisotopic (exact) mass is 324 g/mol. The lowest BCUT2D eigenvalue weighted by Crippen LogP contribution is -2.34. The molecule has 0 saturated carbocycles. The number of nitrogens with one attached hydrogen (secondary N) is 1. The summed E-state index contributed by atoms with van der Waals surface area (Å²) in [6, 6.07) is 3.14. The van der Waals surface area contributed by atoms with E-state index in [1.54, 1.807) is 6.07 Å². The van der Waals surface area contributed by atoms with Crippen molar-refractivity contribution in [1.29, 1.82) is 0 Å². The molecule has 1 fully saturated rings. The van der Waals surface area contributed by atoms with Gasteiger partial charge in [0.2, 0.25) is 10.0 Å². The SMILES string of the molecule is NCc1ccc(S(=O)(=O)NCC2CCCS2(=O)=O)s1. The van der Waals surface area contributed by atoms with Gasteiger partial charge in [-0.2, -0.15) is 0 Å². The lowest BCUT2D eigenvalue weighted by Gasteiger charge is -2.10. The van der Waals surface area contributed by atoms with E-state index < -0.39 is 25.1 Å². The molecule has 1 aliphatic heterocycles. The van der Waals surface area contributed by atoms with Crippen molar-refractivity contribution < 1.29 is 16.8 Å². The van der Waals surface area contributed by atoms with Gasteiger partial charge in [-0.25, -0.2) is 21.6 Å². The minimum absolute atomic E-state index is 0.0550. The summed E-state index contributed by atoms with van der Waals surface area (Å²) >= 11 is 1.10. The van der Waals surface area contributed by atoms with Crippen LogP contribution in [0.15, 0.2) is 16.3 Å². The first-order valence-corrected chi connectivity index (χ1v) is 9.87. The molecule has 1 aromatic heterocycles. The minimum atomic E-state index is -3.64. The third kappa shape index (κ3) is 3.34. The molecule has 1 aliphatic rings. The van der Waals surface area contributed by atoms with Crippen LogP contribution in [0, 0.1) is 0 Å². The molecule has 2 heterocycles. The Morgan fingerprint density at radius 2 is 2.16 bits per heavy atom. The number of thiophene rings is 1. The van der Waals surface area contributed by atoms with Gasteiger partial charge in [-0.3, -0.25) is 0 Å². The normalized spacial score (nSPS) is 22.7. The van der Waals surface area contributed by atoms with Crippen molar-refractivity contribution in [2.24, 2.45) is 5.73 Å². The molecule has 6 nitrogen and oxygen atoms in total. The largest absolute Gasteiger partial charge is 0.326 e. The fourth-order valence-corrected chi connectivity index (χ4v) is 6.21. The highest BCUT2D eigenvalue weighted by Gasteiger charge is 2.32. The lowest BCUT2D eigenvalue weighted by atomic mass is 10.2. The Kier molecular flexibility index (Phi) is 4.31. The maximum atomic E-state index is 12.0. The zero-order valence-electron chi connectivity index (χ0n) is 10.2. The fourth-order valence-electron chi connectivity index (χ4n) is 1.97. The van der Waals surface area contributed by atoms with Crippen LogP contribution in [0.25, 0.3) is 0 Å². The Labute approximate surface area is 117 Å². The number of sulfonamides is 1. The van der Waals surface area contributed by atoms with Gasteiger partial charge in [-0.1, -0.05) is 0 Å². The number of sulfone groups is 1. The van der Waals surface area contributed by atoms with Crippen molar-refractivity contribution >= 4 is 31.2 Å². The molecule has 2 rings (SSSR count). The summed E-state index contributed by atoms with van der Waals surface area (Å²) in [5.41, 5.74) is 5.43. The van der Waals surface area contributed by atoms with Crippen molar-refractivity contribution in [1.82, 2.24) is 4.72 Å². The quantitative estimate of drug-likeness (QED) is 0.797. The molecule has 108 valence electrons. The Balaban J connectivity index is 2.06. The van der Waals surface area contributed by atoms with Crippen LogP contribution in [0.1, 0.15) is 17.7 Å². The third-order valence-corrected chi connectivity index (χ3v) is 8.37. The summed E-state index contributed by atoms with van der Waals surface area (Å²) in [5, 5.41) is -0.601. The van der Waals surface area contributed by atoms with Crippen LogP contribution in [0.5, 0.6) is 0 Å². The summed E-state index contributed by atoms with van der Waals surface area (Å²) in [5.74, 6) is 0.149. The molecule has 0 spiro atoms. The maximum absolute atomic E-state index is 12.0. The van der Waals surface area contributed by atoms with Crippen LogP contribution in [-0.4, -0.2) is 34.4 Å². The molecule has 3 N–H and O–H groups in total. The maximum Gasteiger partial charge on any atom is 0.250 e. The van der Waals surface area contributed by atoms with E-state index in [-0.39, 0.29) is 23.1 Å². The van der Waals surface area contributed by atoms with Crippen molar-refractivity contribution in [3.63, 3.8) is 0 Å². The van der Waals surface area contributed by atoms with E-state index in [0.29, 0.717) is 12.8 Å². The van der Waals surface area contributed by atoms with Gasteiger partial charge in [0.15, 0.2) is 9.84 Å². The van der Waals surface area contributed by atoms with Gasteiger partial charge in [0.05, 0.1) is 11.0 Å². The summed E-state index contributed by atoms with van der Waals surface area (Å²) in [6.45, 7) is 0.234. The van der Waals surface area contributed by atoms with Crippen LogP contribution >= 0.6 is 11.3 Å². The summed E-state index contributed by atoms with van der Waals surface area (Å²) < 4.78 is 49.8. The summed E-state index contributed by atoms with van der Waals surface area (Å²) in [7, 11) is -6.77. The highest BCUT2D eigenvalue weighted by Crippen LogP contribution is 2.23. The van der Waals surface area contributed by atoms with Gasteiger partial charge in [0, 0.05) is 18.0 Å². The molecule has 1 unspecified atom stereocenters. The first-order valence-electron chi connectivity index (χ1n) is 5.85. The van der Waals surface area contributed by atoms with E-state index in [4.69, 9.17) is 5.73 Å². The Bertz CT molecular complexity index is 648. The summed E-state index contributed by atoms with van der Waals surface area (Å²) in [4.78, 5) is 0.772. The lowest BCUT2D eigenvalue weighted by molar-refractivity contribution is 0.572. The van der Waals surface area contributed by atoms with Crippen LogP contribution in [0.4, 0.5) is 0 Å². The first-order chi connectivity index (χ1) is 8.85. The van der Waals surface area contributed by atoms with Crippen LogP contribution in [0.3, 0.4) is 0 Å². The van der Waals surface area contributed by atoms with Crippen molar-refractivity contribution in [2.45, 2.75) is 28.8 Å². The molecule has 0 bridgehead atoms. The molecule has 19 heavy (non-hydrogen) atoms. The molecular formula is C10H16N2O4S3. The standard InChI is InChI=1S/C10H16N2O4S3/c11-6-8-3-4-10(17-8)19(15,16)12-7-9-2-1-5-18(9,13)14/h3-4,9,12H,1-2,5-7,11H2. The molecule has 1 atom stereocenters. The highest BCUT2D eigenvalue weighted by molar-refractivity contribution is 7.93. The average Bonchev–Trinajstić information content (AvgIpc) is 2.93. The number of nitrogens with two attached hydrogens (primary N) is 1. The van der Waals surface area contributed by atoms with E-state index in [2.05, 4.69) is 4.72 Å². The Morgan fingerprint density at radius 3 is 2.68 bits per heavy atom. The Morgan fingerprint density at radius 1 is 1.42 bits per heavy atom. The van der Waals surface area contributed by atoms with Crippen LogP contribution in [-0.2, 0) is 26.4 Å². The van der Waals surface area contributed by atoms with Crippen LogP contribution in [0.2, 0.25) is 0 Å². The van der Waals surface area contributed by atoms with Gasteiger partial charge in [-0.05, 0) is 25.0 Å². The van der Waals surface area contributed by atoms with E-state index in [0.717, 1.165) is 16.2 Å². The minimum Gasteiger partial charge on any atom is -0.326 e. The van der Waals surface area contributed by atoms with Gasteiger partial charge < -0.3 is 5.73 Å². The van der Waals surface area contributed by atoms with Crippen molar-refractivity contribution in [3.05, 3.63) is 17.0 Å². The fraction of sp³-hybridized carbons (Fsp3) is 0.600. The topological polar surface area (TPSA) is 106 Å². The average molecular weight is 324 g/mol. The second kappa shape index (κ2) is 5.49. The molecule has 0 aliphatic carbocycles. The number of rotatable bonds is 5. The Hall–Kier alpha value is -0.480. The van der Waals surface area contributed by atoms with Gasteiger partial charge in [0.25, 0.3) is 0 Å². The van der Waals surface area contributed by atoms with E-state index in [1.807, 2.05) is 0 Å². The first kappa shape index (κ1) is 14.9. The van der Waals surface area contributed by atoms with Gasteiger partial charge >= 0.3 is 0 Å². The predicted octanol–water partition coefficient (Wildman–Crippen LogP) is 0.0623. The highest BCUT2D eigenvalue weighted by atomic mass is 32.2. The van der Waals surface area contributed by atoms with Crippen LogP contribution < -0.4 is 10.5 Å². The molecule has 1 saturated heterocycles. The van der Waals surface area contributed by atoms with Crippen molar-refractivity contribution in [2.75, 3.05) is 12.3 Å². The second-order valence-electron chi connectivity index (χ2n) is 4.41. The third-order valence-electron chi connectivity index (χ3n) is 3.07. The predicted molar refractivity (Wildman–Crippen MR) is 74.2 cm³/mol. The smallest absolute Gasteiger partial charge is 0.250 e. The molecule has 9 heteroatoms. The number of hydrogen-bond donors (Lipinski definition) is 2. The zero-order chi connectivity index (χ0) is 14.1. The number of hydrogen-bond acceptors (Lipinski definition) is 6. The van der Waals surface area contributed by atoms with Gasteiger partial charge in [-0.15, -0.1) is 11.3 Å². The van der Waals surface area contributed by atoms with Crippen molar-refractivity contribution in [3.8, 4) is 0 Å². The van der Waals surface area contributed by atoms with E-state index in [1.165, 1.54) is 6.07 Å². The van der Waals surface area contributed by atoms with E-state index >= 15 is 0 Å². The molecule has 0 aromatic carbocycles.